The minimum absolute atomic E-state index is 0.110. The molecule has 1 heterocycles. The first-order valence-corrected chi connectivity index (χ1v) is 8.05. The number of hydrogen-bond acceptors (Lipinski definition) is 4. The van der Waals surface area contributed by atoms with Crippen molar-refractivity contribution in [3.8, 4) is 0 Å². The van der Waals surface area contributed by atoms with Gasteiger partial charge in [-0.05, 0) is 24.2 Å². The van der Waals surface area contributed by atoms with Crippen molar-refractivity contribution < 1.29 is 4.79 Å². The molecule has 1 aliphatic rings. The lowest BCUT2D eigenvalue weighted by Gasteiger charge is -2.33. The predicted molar refractivity (Wildman–Crippen MR) is 90.8 cm³/mol. The van der Waals surface area contributed by atoms with E-state index in [9.17, 15) is 4.79 Å². The van der Waals surface area contributed by atoms with Gasteiger partial charge in [-0.1, -0.05) is 36.2 Å². The molecule has 1 amide bonds. The first kappa shape index (κ1) is 17.2. The normalized spacial score (nSPS) is 17.0. The Morgan fingerprint density at radius 1 is 1.23 bits per heavy atom. The molecule has 1 aliphatic heterocycles. The van der Waals surface area contributed by atoms with Gasteiger partial charge in [-0.2, -0.15) is 5.10 Å². The van der Waals surface area contributed by atoms with Gasteiger partial charge in [0.1, 0.15) is 0 Å². The molecule has 1 aromatic rings. The summed E-state index contributed by atoms with van der Waals surface area (Å²) in [5.74, 6) is -0.110. The lowest BCUT2D eigenvalue weighted by Crippen LogP contribution is -2.48. The number of rotatable bonds is 5. The minimum atomic E-state index is -0.110. The average molecular weight is 343 g/mol. The van der Waals surface area contributed by atoms with Crippen molar-refractivity contribution in [1.82, 2.24) is 15.2 Å². The third-order valence-corrected chi connectivity index (χ3v) is 4.36. The van der Waals surface area contributed by atoms with Gasteiger partial charge >= 0.3 is 0 Å². The molecule has 1 fully saturated rings. The van der Waals surface area contributed by atoms with Crippen molar-refractivity contribution in [1.29, 1.82) is 0 Å². The van der Waals surface area contributed by atoms with E-state index in [-0.39, 0.29) is 5.91 Å². The van der Waals surface area contributed by atoms with Crippen molar-refractivity contribution in [2.24, 2.45) is 5.10 Å². The Bertz CT molecular complexity index is 542. The van der Waals surface area contributed by atoms with E-state index in [1.165, 1.54) is 0 Å². The second-order valence-electron chi connectivity index (χ2n) is 5.18. The van der Waals surface area contributed by atoms with Crippen LogP contribution in [0.1, 0.15) is 12.5 Å². The van der Waals surface area contributed by atoms with Crippen LogP contribution in [-0.2, 0) is 4.79 Å². The number of amides is 1. The van der Waals surface area contributed by atoms with Crippen molar-refractivity contribution in [3.05, 3.63) is 33.8 Å². The van der Waals surface area contributed by atoms with Gasteiger partial charge < -0.3 is 4.90 Å². The summed E-state index contributed by atoms with van der Waals surface area (Å²) in [5.41, 5.74) is 3.32. The highest BCUT2D eigenvalue weighted by Crippen LogP contribution is 2.21. The van der Waals surface area contributed by atoms with E-state index in [0.29, 0.717) is 16.6 Å². The van der Waals surface area contributed by atoms with Crippen molar-refractivity contribution in [3.63, 3.8) is 0 Å². The molecule has 1 N–H and O–H groups in total. The lowest BCUT2D eigenvalue weighted by atomic mass is 10.2. The highest BCUT2D eigenvalue weighted by atomic mass is 35.5. The largest absolute Gasteiger partial charge is 0.301 e. The molecule has 120 valence electrons. The zero-order valence-electron chi connectivity index (χ0n) is 12.6. The quantitative estimate of drug-likeness (QED) is 0.658. The van der Waals surface area contributed by atoms with E-state index in [0.717, 1.165) is 38.3 Å². The molecule has 0 saturated carbocycles. The molecule has 5 nitrogen and oxygen atoms in total. The Labute approximate surface area is 140 Å². The van der Waals surface area contributed by atoms with Crippen LogP contribution in [0.2, 0.25) is 10.0 Å². The smallest absolute Gasteiger partial charge is 0.254 e. The van der Waals surface area contributed by atoms with E-state index in [1.807, 2.05) is 0 Å². The molecule has 0 bridgehead atoms. The number of hydrazone groups is 1. The summed E-state index contributed by atoms with van der Waals surface area (Å²) in [7, 11) is 0. The van der Waals surface area contributed by atoms with Gasteiger partial charge in [-0.3, -0.25) is 9.69 Å². The maximum absolute atomic E-state index is 11.8. The van der Waals surface area contributed by atoms with Crippen LogP contribution in [0.5, 0.6) is 0 Å². The molecule has 0 spiro atoms. The number of nitrogens with zero attached hydrogens (tertiary/aromatic N) is 3. The van der Waals surface area contributed by atoms with Crippen LogP contribution in [0.25, 0.3) is 0 Å². The van der Waals surface area contributed by atoms with Crippen molar-refractivity contribution in [2.75, 3.05) is 39.3 Å². The van der Waals surface area contributed by atoms with Crippen molar-refractivity contribution >= 4 is 35.3 Å². The Kier molecular flexibility index (Phi) is 6.64. The minimum Gasteiger partial charge on any atom is -0.301 e. The Morgan fingerprint density at radius 2 is 1.91 bits per heavy atom. The molecule has 0 unspecified atom stereocenters. The SMILES string of the molecule is CCN1CCN(CC(=O)N/N=C/c2ccc(Cl)c(Cl)c2)CC1. The highest BCUT2D eigenvalue weighted by Gasteiger charge is 2.17. The third kappa shape index (κ3) is 5.25. The Morgan fingerprint density at radius 3 is 2.55 bits per heavy atom. The molecule has 7 heteroatoms. The summed E-state index contributed by atoms with van der Waals surface area (Å²) in [6.45, 7) is 7.44. The highest BCUT2D eigenvalue weighted by molar-refractivity contribution is 6.42. The van der Waals surface area contributed by atoms with Gasteiger partial charge in [-0.15, -0.1) is 0 Å². The van der Waals surface area contributed by atoms with E-state index in [1.54, 1.807) is 24.4 Å². The Hall–Kier alpha value is -1.14. The third-order valence-electron chi connectivity index (χ3n) is 3.63. The summed E-state index contributed by atoms with van der Waals surface area (Å²) < 4.78 is 0. The van der Waals surface area contributed by atoms with Gasteiger partial charge in [0, 0.05) is 26.2 Å². The molecule has 1 aromatic carbocycles. The zero-order valence-corrected chi connectivity index (χ0v) is 14.1. The fourth-order valence-corrected chi connectivity index (χ4v) is 2.58. The van der Waals surface area contributed by atoms with Crippen LogP contribution in [0, 0.1) is 0 Å². The predicted octanol–water partition coefficient (Wildman–Crippen LogP) is 2.08. The van der Waals surface area contributed by atoms with Gasteiger partial charge in [0.05, 0.1) is 22.8 Å². The number of likely N-dealkylation sites (N-methyl/N-ethyl adjacent to an activating group) is 1. The number of benzene rings is 1. The first-order chi connectivity index (χ1) is 10.6. The number of carbonyl (C=O) groups excluding carboxylic acids is 1. The van der Waals surface area contributed by atoms with E-state index < -0.39 is 0 Å². The first-order valence-electron chi connectivity index (χ1n) is 7.30. The maximum Gasteiger partial charge on any atom is 0.254 e. The van der Waals surface area contributed by atoms with Crippen LogP contribution >= 0.6 is 23.2 Å². The van der Waals surface area contributed by atoms with Gasteiger partial charge in [0.15, 0.2) is 0 Å². The van der Waals surface area contributed by atoms with E-state index in [4.69, 9.17) is 23.2 Å². The van der Waals surface area contributed by atoms with Gasteiger partial charge in [0.25, 0.3) is 5.91 Å². The number of carbonyl (C=O) groups is 1. The molecule has 0 aliphatic carbocycles. The topological polar surface area (TPSA) is 47.9 Å². The molecule has 0 aromatic heterocycles. The van der Waals surface area contributed by atoms with Gasteiger partial charge in [-0.25, -0.2) is 5.43 Å². The molecular weight excluding hydrogens is 323 g/mol. The summed E-state index contributed by atoms with van der Waals surface area (Å²) in [6, 6.07) is 5.18. The summed E-state index contributed by atoms with van der Waals surface area (Å²) in [6.07, 6.45) is 1.55. The molecule has 0 radical (unpaired) electrons. The molecule has 22 heavy (non-hydrogen) atoms. The lowest BCUT2D eigenvalue weighted by molar-refractivity contribution is -0.122. The maximum atomic E-state index is 11.8. The second kappa shape index (κ2) is 8.48. The summed E-state index contributed by atoms with van der Waals surface area (Å²) >= 11 is 11.8. The van der Waals surface area contributed by atoms with E-state index >= 15 is 0 Å². The van der Waals surface area contributed by atoms with Crippen molar-refractivity contribution in [2.45, 2.75) is 6.92 Å². The molecule has 2 rings (SSSR count). The number of hydrogen-bond donors (Lipinski definition) is 1. The number of piperazine rings is 1. The number of nitrogens with one attached hydrogen (secondary N) is 1. The fraction of sp³-hybridized carbons (Fsp3) is 0.467. The van der Waals surface area contributed by atoms with Crippen LogP contribution < -0.4 is 5.43 Å². The standard InChI is InChI=1S/C15H20Cl2N4O/c1-2-20-5-7-21(8-6-20)11-15(22)19-18-10-12-3-4-13(16)14(17)9-12/h3-4,9-10H,2,5-8,11H2,1H3,(H,19,22)/b18-10+. The van der Waals surface area contributed by atoms with Gasteiger partial charge in [0.2, 0.25) is 0 Å². The van der Waals surface area contributed by atoms with E-state index in [2.05, 4.69) is 27.3 Å². The molecule has 1 saturated heterocycles. The zero-order chi connectivity index (χ0) is 15.9. The van der Waals surface area contributed by atoms with Crippen LogP contribution in [0.4, 0.5) is 0 Å². The van der Waals surface area contributed by atoms with Crippen LogP contribution in [0.15, 0.2) is 23.3 Å². The van der Waals surface area contributed by atoms with Crippen LogP contribution in [0.3, 0.4) is 0 Å². The Balaban J connectivity index is 1.75. The molecular formula is C15H20Cl2N4O. The monoisotopic (exact) mass is 342 g/mol. The fourth-order valence-electron chi connectivity index (χ4n) is 2.27. The average Bonchev–Trinajstić information content (AvgIpc) is 2.51. The molecule has 0 atom stereocenters. The summed E-state index contributed by atoms with van der Waals surface area (Å²) in [4.78, 5) is 16.4. The summed E-state index contributed by atoms with van der Waals surface area (Å²) in [5, 5.41) is 4.90. The van der Waals surface area contributed by atoms with Crippen LogP contribution in [-0.4, -0.2) is 61.2 Å². The number of halogens is 2. The second-order valence-corrected chi connectivity index (χ2v) is 5.99.